The summed E-state index contributed by atoms with van der Waals surface area (Å²) >= 11 is 0. The molecule has 4 heteroatoms. The van der Waals surface area contributed by atoms with Crippen molar-refractivity contribution in [3.63, 3.8) is 0 Å². The Kier molecular flexibility index (Phi) is 4.18. The normalized spacial score (nSPS) is 16.4. The lowest BCUT2D eigenvalue weighted by molar-refractivity contribution is -0.134. The van der Waals surface area contributed by atoms with Crippen LogP contribution in [0.1, 0.15) is 13.3 Å². The summed E-state index contributed by atoms with van der Waals surface area (Å²) in [4.78, 5) is 10.7. The van der Waals surface area contributed by atoms with Gasteiger partial charge in [0.2, 0.25) is 0 Å². The summed E-state index contributed by atoms with van der Waals surface area (Å²) < 4.78 is 0. The van der Waals surface area contributed by atoms with Crippen LogP contribution < -0.4 is 5.73 Å². The number of aliphatic hydroxyl groups is 2. The number of aliphatic hydroxyl groups excluding tert-OH is 2. The maximum absolute atomic E-state index is 10.7. The molecule has 0 aromatic carbocycles. The van der Waals surface area contributed by atoms with Gasteiger partial charge in [-0.15, -0.1) is 0 Å². The maximum atomic E-state index is 10.7. The molecule has 0 aliphatic heterocycles. The first-order chi connectivity index (χ1) is 4.59. The third-order valence-electron chi connectivity index (χ3n) is 1.18. The van der Waals surface area contributed by atoms with Crippen LogP contribution in [0.25, 0.3) is 0 Å². The molecule has 4 N–H and O–H groups in total. The summed E-state index contributed by atoms with van der Waals surface area (Å²) in [7, 11) is 0. The van der Waals surface area contributed by atoms with E-state index < -0.39 is 18.0 Å². The summed E-state index contributed by atoms with van der Waals surface area (Å²) in [6, 6.07) is 0. The molecule has 0 aliphatic carbocycles. The molecule has 2 atom stereocenters. The number of hydrogen-bond donors (Lipinski definition) is 3. The quantitative estimate of drug-likeness (QED) is 0.459. The zero-order valence-corrected chi connectivity index (χ0v) is 5.95. The first kappa shape index (κ1) is 9.55. The standard InChI is InChI=1S/C6H13NO3/c1-4(8)6(10)5(9)2-3-7/h4-5,8-9H,2-3,7H2,1H3. The Morgan fingerprint density at radius 1 is 1.60 bits per heavy atom. The fraction of sp³-hybridized carbons (Fsp3) is 0.833. The van der Waals surface area contributed by atoms with Crippen molar-refractivity contribution in [3.05, 3.63) is 0 Å². The minimum atomic E-state index is -1.11. The van der Waals surface area contributed by atoms with Crippen LogP contribution in [0, 0.1) is 0 Å². The van der Waals surface area contributed by atoms with Crippen molar-refractivity contribution in [1.29, 1.82) is 0 Å². The lowest BCUT2D eigenvalue weighted by Gasteiger charge is -2.08. The highest BCUT2D eigenvalue weighted by atomic mass is 16.3. The van der Waals surface area contributed by atoms with Crippen LogP contribution >= 0.6 is 0 Å². The second-order valence-electron chi connectivity index (χ2n) is 2.17. The second kappa shape index (κ2) is 4.38. The van der Waals surface area contributed by atoms with E-state index in [1.165, 1.54) is 6.92 Å². The molecule has 0 saturated carbocycles. The van der Waals surface area contributed by atoms with Crippen molar-refractivity contribution < 1.29 is 15.0 Å². The van der Waals surface area contributed by atoms with Gasteiger partial charge in [0.15, 0.2) is 5.78 Å². The number of carbonyl (C=O) groups excluding carboxylic acids is 1. The summed E-state index contributed by atoms with van der Waals surface area (Å²) in [5, 5.41) is 17.6. The summed E-state index contributed by atoms with van der Waals surface area (Å²) in [6.07, 6.45) is -1.99. The predicted molar refractivity (Wildman–Crippen MR) is 36.4 cm³/mol. The third-order valence-corrected chi connectivity index (χ3v) is 1.18. The molecule has 4 nitrogen and oxygen atoms in total. The van der Waals surface area contributed by atoms with Crippen LogP contribution in [-0.4, -0.2) is 34.7 Å². The van der Waals surface area contributed by atoms with Crippen molar-refractivity contribution in [3.8, 4) is 0 Å². The smallest absolute Gasteiger partial charge is 0.189 e. The SMILES string of the molecule is CC(O)C(=O)C(O)CCN. The van der Waals surface area contributed by atoms with E-state index in [0.29, 0.717) is 0 Å². The van der Waals surface area contributed by atoms with E-state index in [1.807, 2.05) is 0 Å². The van der Waals surface area contributed by atoms with Gasteiger partial charge in [-0.05, 0) is 19.9 Å². The molecule has 0 aromatic rings. The summed E-state index contributed by atoms with van der Waals surface area (Å²) in [5.41, 5.74) is 5.07. The van der Waals surface area contributed by atoms with Crippen molar-refractivity contribution in [2.75, 3.05) is 6.54 Å². The highest BCUT2D eigenvalue weighted by molar-refractivity contribution is 5.86. The van der Waals surface area contributed by atoms with Gasteiger partial charge in [-0.3, -0.25) is 4.79 Å². The molecule has 0 aliphatic rings. The van der Waals surface area contributed by atoms with Gasteiger partial charge in [0.05, 0.1) is 0 Å². The van der Waals surface area contributed by atoms with E-state index in [-0.39, 0.29) is 13.0 Å². The Morgan fingerprint density at radius 3 is 2.40 bits per heavy atom. The second-order valence-corrected chi connectivity index (χ2v) is 2.17. The molecule has 60 valence electrons. The Balaban J connectivity index is 3.71. The van der Waals surface area contributed by atoms with Gasteiger partial charge >= 0.3 is 0 Å². The van der Waals surface area contributed by atoms with E-state index >= 15 is 0 Å². The molecule has 0 radical (unpaired) electrons. The molecule has 0 amide bonds. The molecule has 0 saturated heterocycles. The van der Waals surface area contributed by atoms with E-state index in [2.05, 4.69) is 0 Å². The van der Waals surface area contributed by atoms with Crippen molar-refractivity contribution in [2.24, 2.45) is 5.73 Å². The summed E-state index contributed by atoms with van der Waals surface area (Å²) in [6.45, 7) is 1.57. The van der Waals surface area contributed by atoms with Gasteiger partial charge in [0, 0.05) is 0 Å². The molecule has 0 bridgehead atoms. The van der Waals surface area contributed by atoms with E-state index in [1.54, 1.807) is 0 Å². The van der Waals surface area contributed by atoms with Gasteiger partial charge in [-0.2, -0.15) is 0 Å². The monoisotopic (exact) mass is 147 g/mol. The number of Topliss-reactive ketones (excluding diaryl/α,β-unsaturated/α-hetero) is 1. The molecular formula is C6H13NO3. The molecular weight excluding hydrogens is 134 g/mol. The van der Waals surface area contributed by atoms with Crippen LogP contribution in [0.4, 0.5) is 0 Å². The lowest BCUT2D eigenvalue weighted by Crippen LogP contribution is -2.31. The van der Waals surface area contributed by atoms with E-state index in [9.17, 15) is 4.79 Å². The maximum Gasteiger partial charge on any atom is 0.189 e. The molecule has 10 heavy (non-hydrogen) atoms. The molecule has 0 fully saturated rings. The Hall–Kier alpha value is -0.450. The average molecular weight is 147 g/mol. The molecule has 2 unspecified atom stereocenters. The van der Waals surface area contributed by atoms with Crippen LogP contribution in [0.5, 0.6) is 0 Å². The topological polar surface area (TPSA) is 83.5 Å². The molecule has 0 rings (SSSR count). The number of carbonyl (C=O) groups is 1. The number of rotatable bonds is 4. The fourth-order valence-electron chi connectivity index (χ4n) is 0.579. The lowest BCUT2D eigenvalue weighted by atomic mass is 10.1. The molecule has 0 spiro atoms. The molecule has 0 aromatic heterocycles. The minimum Gasteiger partial charge on any atom is -0.386 e. The van der Waals surface area contributed by atoms with Gasteiger partial charge < -0.3 is 15.9 Å². The van der Waals surface area contributed by atoms with Gasteiger partial charge in [-0.25, -0.2) is 0 Å². The van der Waals surface area contributed by atoms with Crippen LogP contribution in [0.15, 0.2) is 0 Å². The molecule has 0 heterocycles. The minimum absolute atomic E-state index is 0.212. The first-order valence-electron chi connectivity index (χ1n) is 3.19. The fourth-order valence-corrected chi connectivity index (χ4v) is 0.579. The Labute approximate surface area is 59.7 Å². The number of nitrogens with two attached hydrogens (primary N) is 1. The number of hydrogen-bond acceptors (Lipinski definition) is 4. The van der Waals surface area contributed by atoms with E-state index in [4.69, 9.17) is 15.9 Å². The Morgan fingerprint density at radius 2 is 2.10 bits per heavy atom. The predicted octanol–water partition coefficient (Wildman–Crippen LogP) is -1.35. The van der Waals surface area contributed by atoms with Crippen molar-refractivity contribution >= 4 is 5.78 Å². The van der Waals surface area contributed by atoms with Crippen molar-refractivity contribution in [1.82, 2.24) is 0 Å². The van der Waals surface area contributed by atoms with Crippen LogP contribution in [-0.2, 0) is 4.79 Å². The average Bonchev–Trinajstić information content (AvgIpc) is 1.87. The largest absolute Gasteiger partial charge is 0.386 e. The van der Waals surface area contributed by atoms with Crippen LogP contribution in [0.3, 0.4) is 0 Å². The van der Waals surface area contributed by atoms with Gasteiger partial charge in [0.1, 0.15) is 12.2 Å². The van der Waals surface area contributed by atoms with Crippen LogP contribution in [0.2, 0.25) is 0 Å². The zero-order chi connectivity index (χ0) is 8.15. The summed E-state index contributed by atoms with van der Waals surface area (Å²) in [5.74, 6) is -0.564. The van der Waals surface area contributed by atoms with Gasteiger partial charge in [0.25, 0.3) is 0 Å². The van der Waals surface area contributed by atoms with E-state index in [0.717, 1.165) is 0 Å². The zero-order valence-electron chi connectivity index (χ0n) is 5.95. The third kappa shape index (κ3) is 2.91. The highest BCUT2D eigenvalue weighted by Gasteiger charge is 2.18. The highest BCUT2D eigenvalue weighted by Crippen LogP contribution is 1.95. The number of ketones is 1. The van der Waals surface area contributed by atoms with Gasteiger partial charge in [-0.1, -0.05) is 0 Å². The Bertz CT molecular complexity index is 114. The first-order valence-corrected chi connectivity index (χ1v) is 3.19. The van der Waals surface area contributed by atoms with Crippen molar-refractivity contribution in [2.45, 2.75) is 25.6 Å².